The van der Waals surface area contributed by atoms with Crippen LogP contribution in [-0.4, -0.2) is 16.6 Å². The molecular weight excluding hydrogens is 274 g/mol. The minimum Gasteiger partial charge on any atom is -0.359 e. The molecule has 0 aliphatic heterocycles. The summed E-state index contributed by atoms with van der Waals surface area (Å²) < 4.78 is 1.03. The topological polar surface area (TPSA) is 37.0 Å². The van der Waals surface area contributed by atoms with Crippen molar-refractivity contribution in [3.63, 3.8) is 0 Å². The molecule has 17 heavy (non-hydrogen) atoms. The van der Waals surface area contributed by atoms with Crippen LogP contribution in [0.1, 0.15) is 0 Å². The zero-order chi connectivity index (χ0) is 12.3. The molecule has 0 aliphatic carbocycles. The van der Waals surface area contributed by atoms with E-state index in [4.69, 9.17) is 23.8 Å². The Morgan fingerprint density at radius 1 is 1.59 bits per heavy atom. The number of rotatable bonds is 3. The fourth-order valence-electron chi connectivity index (χ4n) is 1.27. The van der Waals surface area contributed by atoms with Gasteiger partial charge in [-0.25, -0.2) is 4.98 Å². The third kappa shape index (κ3) is 2.94. The molecule has 0 saturated heterocycles. The number of para-hydroxylation sites is 1. The molecule has 0 unspecified atom stereocenters. The van der Waals surface area contributed by atoms with Crippen LogP contribution in [0, 0.1) is 0 Å². The summed E-state index contributed by atoms with van der Waals surface area (Å²) in [5, 5.41) is 7.90. The molecule has 0 spiro atoms. The van der Waals surface area contributed by atoms with Gasteiger partial charge in [-0.05, 0) is 24.4 Å². The lowest BCUT2D eigenvalue weighted by atomic mass is 10.3. The van der Waals surface area contributed by atoms with Gasteiger partial charge in [0, 0.05) is 6.54 Å². The van der Waals surface area contributed by atoms with Crippen molar-refractivity contribution in [1.82, 2.24) is 10.3 Å². The van der Waals surface area contributed by atoms with Crippen molar-refractivity contribution < 1.29 is 0 Å². The fourth-order valence-corrected chi connectivity index (χ4v) is 2.69. The Morgan fingerprint density at radius 2 is 2.41 bits per heavy atom. The second-order valence-corrected chi connectivity index (χ2v) is 5.08. The smallest absolute Gasteiger partial charge is 0.190 e. The number of thiocarbonyl (C=S) groups is 1. The highest BCUT2D eigenvalue weighted by atomic mass is 35.5. The first kappa shape index (κ1) is 12.3. The maximum absolute atomic E-state index is 6.05. The number of benzene rings is 1. The van der Waals surface area contributed by atoms with Crippen LogP contribution in [-0.2, 0) is 0 Å². The lowest BCUT2D eigenvalue weighted by molar-refractivity contribution is 1.06. The number of hydrogen-bond acceptors (Lipinski definition) is 3. The number of aromatic nitrogens is 1. The van der Waals surface area contributed by atoms with Crippen molar-refractivity contribution in [2.24, 2.45) is 0 Å². The van der Waals surface area contributed by atoms with E-state index in [1.807, 2.05) is 18.2 Å². The van der Waals surface area contributed by atoms with E-state index in [0.717, 1.165) is 15.3 Å². The third-order valence-corrected chi connectivity index (χ3v) is 3.48. The molecule has 0 atom stereocenters. The quantitative estimate of drug-likeness (QED) is 0.668. The highest BCUT2D eigenvalue weighted by Gasteiger charge is 2.07. The van der Waals surface area contributed by atoms with Crippen LogP contribution in [0.5, 0.6) is 0 Å². The largest absolute Gasteiger partial charge is 0.359 e. The third-order valence-electron chi connectivity index (χ3n) is 2.00. The summed E-state index contributed by atoms with van der Waals surface area (Å²) in [6.07, 6.45) is 1.74. The van der Waals surface area contributed by atoms with Gasteiger partial charge in [0.15, 0.2) is 10.2 Å². The molecular formula is C11H10ClN3S2. The predicted molar refractivity (Wildman–Crippen MR) is 79.1 cm³/mol. The number of thiazole rings is 1. The van der Waals surface area contributed by atoms with E-state index in [-0.39, 0.29) is 0 Å². The normalized spacial score (nSPS) is 10.2. The summed E-state index contributed by atoms with van der Waals surface area (Å²) in [6.45, 7) is 4.23. The molecule has 1 aromatic heterocycles. The van der Waals surface area contributed by atoms with E-state index in [1.165, 1.54) is 11.3 Å². The van der Waals surface area contributed by atoms with Crippen LogP contribution in [0.4, 0.5) is 5.13 Å². The Hall–Kier alpha value is -1.17. The number of fused-ring (bicyclic) bond motifs is 1. The summed E-state index contributed by atoms with van der Waals surface area (Å²) >= 11 is 12.7. The molecule has 0 aliphatic rings. The molecule has 2 rings (SSSR count). The number of nitrogens with zero attached hydrogens (tertiary/aromatic N) is 1. The molecule has 88 valence electrons. The monoisotopic (exact) mass is 283 g/mol. The minimum atomic E-state index is 0.528. The van der Waals surface area contributed by atoms with Crippen molar-refractivity contribution in [2.75, 3.05) is 11.9 Å². The van der Waals surface area contributed by atoms with Gasteiger partial charge in [-0.15, -0.1) is 6.58 Å². The molecule has 3 nitrogen and oxygen atoms in total. The molecule has 1 aromatic carbocycles. The zero-order valence-corrected chi connectivity index (χ0v) is 11.3. The van der Waals surface area contributed by atoms with E-state index in [9.17, 15) is 0 Å². The average Bonchev–Trinajstić information content (AvgIpc) is 2.70. The summed E-state index contributed by atoms with van der Waals surface area (Å²) in [5.41, 5.74) is 0.799. The summed E-state index contributed by atoms with van der Waals surface area (Å²) in [5.74, 6) is 0. The Morgan fingerprint density at radius 3 is 3.12 bits per heavy atom. The Kier molecular flexibility index (Phi) is 3.93. The van der Waals surface area contributed by atoms with Gasteiger partial charge in [0.1, 0.15) is 5.52 Å². The van der Waals surface area contributed by atoms with E-state index in [0.29, 0.717) is 16.7 Å². The Bertz CT molecular complexity index is 565. The minimum absolute atomic E-state index is 0.528. The molecule has 6 heteroatoms. The molecule has 0 amide bonds. The summed E-state index contributed by atoms with van der Waals surface area (Å²) in [7, 11) is 0. The van der Waals surface area contributed by atoms with Crippen molar-refractivity contribution in [3.05, 3.63) is 35.9 Å². The Labute approximate surface area is 114 Å². The van der Waals surface area contributed by atoms with Gasteiger partial charge < -0.3 is 10.6 Å². The van der Waals surface area contributed by atoms with E-state index in [2.05, 4.69) is 22.2 Å². The summed E-state index contributed by atoms with van der Waals surface area (Å²) in [4.78, 5) is 4.38. The summed E-state index contributed by atoms with van der Waals surface area (Å²) in [6, 6.07) is 5.70. The first-order valence-electron chi connectivity index (χ1n) is 4.91. The molecule has 0 saturated carbocycles. The fraction of sp³-hybridized carbons (Fsp3) is 0.0909. The van der Waals surface area contributed by atoms with Crippen LogP contribution in [0.15, 0.2) is 30.9 Å². The van der Waals surface area contributed by atoms with Gasteiger partial charge in [-0.2, -0.15) is 0 Å². The van der Waals surface area contributed by atoms with Crippen molar-refractivity contribution in [1.29, 1.82) is 0 Å². The number of halogens is 1. The zero-order valence-electron chi connectivity index (χ0n) is 8.87. The van der Waals surface area contributed by atoms with Crippen LogP contribution in [0.25, 0.3) is 10.2 Å². The molecule has 2 aromatic rings. The van der Waals surface area contributed by atoms with E-state index < -0.39 is 0 Å². The van der Waals surface area contributed by atoms with Crippen molar-refractivity contribution in [2.45, 2.75) is 0 Å². The second kappa shape index (κ2) is 5.44. The lowest BCUT2D eigenvalue weighted by Crippen LogP contribution is -2.28. The second-order valence-electron chi connectivity index (χ2n) is 3.23. The number of anilines is 1. The predicted octanol–water partition coefficient (Wildman–Crippen LogP) is 3.42. The molecule has 0 radical (unpaired) electrons. The standard InChI is InChI=1S/C11H10ClN3S2/c1-2-6-13-10(16)15-11-14-9-7(12)4-3-5-8(9)17-11/h2-5H,1,6H2,(H2,13,14,15,16). The van der Waals surface area contributed by atoms with Gasteiger partial charge in [0.05, 0.1) is 9.72 Å². The van der Waals surface area contributed by atoms with E-state index >= 15 is 0 Å². The maximum Gasteiger partial charge on any atom is 0.190 e. The van der Waals surface area contributed by atoms with Gasteiger partial charge in [0.25, 0.3) is 0 Å². The average molecular weight is 284 g/mol. The van der Waals surface area contributed by atoms with Gasteiger partial charge in [-0.1, -0.05) is 35.1 Å². The number of hydrogen-bond donors (Lipinski definition) is 2. The van der Waals surface area contributed by atoms with Crippen LogP contribution >= 0.6 is 35.2 Å². The SMILES string of the molecule is C=CCNC(=S)Nc1nc2c(Cl)cccc2s1. The van der Waals surface area contributed by atoms with Crippen LogP contribution in [0.3, 0.4) is 0 Å². The number of nitrogens with one attached hydrogen (secondary N) is 2. The lowest BCUT2D eigenvalue weighted by Gasteiger charge is -2.04. The van der Waals surface area contributed by atoms with Gasteiger partial charge in [0.2, 0.25) is 0 Å². The maximum atomic E-state index is 6.05. The highest BCUT2D eigenvalue weighted by molar-refractivity contribution is 7.80. The highest BCUT2D eigenvalue weighted by Crippen LogP contribution is 2.30. The van der Waals surface area contributed by atoms with E-state index in [1.54, 1.807) is 6.08 Å². The Balaban J connectivity index is 2.17. The van der Waals surface area contributed by atoms with Gasteiger partial charge in [-0.3, -0.25) is 0 Å². The first-order valence-corrected chi connectivity index (χ1v) is 6.52. The molecule has 0 bridgehead atoms. The van der Waals surface area contributed by atoms with Crippen LogP contribution in [0.2, 0.25) is 5.02 Å². The van der Waals surface area contributed by atoms with Crippen molar-refractivity contribution >= 4 is 55.6 Å². The van der Waals surface area contributed by atoms with Crippen LogP contribution < -0.4 is 10.6 Å². The molecule has 1 heterocycles. The molecule has 2 N–H and O–H groups in total. The van der Waals surface area contributed by atoms with Crippen molar-refractivity contribution in [3.8, 4) is 0 Å². The first-order chi connectivity index (χ1) is 8.20. The molecule has 0 fully saturated rings. The van der Waals surface area contributed by atoms with Gasteiger partial charge >= 0.3 is 0 Å².